The summed E-state index contributed by atoms with van der Waals surface area (Å²) in [4.78, 5) is 29.3. The summed E-state index contributed by atoms with van der Waals surface area (Å²) < 4.78 is 12.6. The summed E-state index contributed by atoms with van der Waals surface area (Å²) in [6.45, 7) is 1.02. The number of aromatic nitrogens is 1. The van der Waals surface area contributed by atoms with E-state index in [2.05, 4.69) is 47.2 Å². The van der Waals surface area contributed by atoms with Crippen molar-refractivity contribution in [3.63, 3.8) is 0 Å². The van der Waals surface area contributed by atoms with Gasteiger partial charge in [-0.25, -0.2) is 4.89 Å². The first-order valence-corrected chi connectivity index (χ1v) is 9.85. The number of carboxylic acids is 2. The summed E-state index contributed by atoms with van der Waals surface area (Å²) in [6, 6.07) is 6.24. The summed E-state index contributed by atoms with van der Waals surface area (Å²) in [5.74, 6) is -1.61. The molecule has 1 aromatic carbocycles. The molecule has 10 heteroatoms. The Hall–Kier alpha value is -2.27. The third-order valence-corrected chi connectivity index (χ3v) is 4.56. The van der Waals surface area contributed by atoms with Crippen molar-refractivity contribution in [2.75, 3.05) is 27.7 Å². The summed E-state index contributed by atoms with van der Waals surface area (Å²) in [5, 5.41) is 17.0. The molecule has 2 rings (SSSR count). The van der Waals surface area contributed by atoms with Gasteiger partial charge in [0.2, 0.25) is 0 Å². The van der Waals surface area contributed by atoms with E-state index in [-0.39, 0.29) is 12.8 Å². The average molecular weight is 413 g/mol. The standard InChI is InChI=1S/C14H21N3O2S.C4H6O4/c1-17(2)7-6-12-9-16-14-5-4-11(8-13(12)14)10-20(15)19-18-3;5-3(6)1-2-4(7)8/h4-5,8-9,15-16H,6-7,10H2,1-3H3;1-2H2,(H,5,6)(H,7,8). The predicted molar refractivity (Wildman–Crippen MR) is 107 cm³/mol. The van der Waals surface area contributed by atoms with Crippen LogP contribution in [0.25, 0.3) is 10.9 Å². The lowest BCUT2D eigenvalue weighted by molar-refractivity contribution is -0.164. The van der Waals surface area contributed by atoms with Crippen LogP contribution < -0.4 is 0 Å². The van der Waals surface area contributed by atoms with Gasteiger partial charge in [-0.2, -0.15) is 4.33 Å². The molecule has 0 saturated carbocycles. The van der Waals surface area contributed by atoms with Crippen molar-refractivity contribution in [1.82, 2.24) is 9.88 Å². The molecule has 2 aromatic rings. The van der Waals surface area contributed by atoms with Crippen LogP contribution in [-0.4, -0.2) is 59.8 Å². The van der Waals surface area contributed by atoms with E-state index in [0.29, 0.717) is 5.75 Å². The lowest BCUT2D eigenvalue weighted by Gasteiger charge is -2.08. The molecule has 1 unspecified atom stereocenters. The highest BCUT2D eigenvalue weighted by atomic mass is 32.2. The third kappa shape index (κ3) is 9.09. The van der Waals surface area contributed by atoms with Crippen LogP contribution in [0.1, 0.15) is 24.0 Å². The fourth-order valence-electron chi connectivity index (χ4n) is 2.34. The number of hydrogen-bond acceptors (Lipinski definition) is 6. The second kappa shape index (κ2) is 12.2. The molecular weight excluding hydrogens is 386 g/mol. The molecule has 1 heterocycles. The molecular formula is C18H27N3O6S. The Labute approximate surface area is 166 Å². The van der Waals surface area contributed by atoms with Gasteiger partial charge in [0.25, 0.3) is 0 Å². The van der Waals surface area contributed by atoms with Gasteiger partial charge >= 0.3 is 11.9 Å². The first-order chi connectivity index (χ1) is 13.2. The topological polar surface area (TPSA) is 136 Å². The highest BCUT2D eigenvalue weighted by Gasteiger charge is 2.07. The van der Waals surface area contributed by atoms with Crippen molar-refractivity contribution in [3.8, 4) is 0 Å². The van der Waals surface area contributed by atoms with Crippen LogP contribution in [-0.2, 0) is 42.0 Å². The van der Waals surface area contributed by atoms with Crippen molar-refractivity contribution in [3.05, 3.63) is 35.5 Å². The van der Waals surface area contributed by atoms with E-state index >= 15 is 0 Å². The number of nitrogens with zero attached hydrogens (tertiary/aromatic N) is 1. The molecule has 0 aliphatic heterocycles. The summed E-state index contributed by atoms with van der Waals surface area (Å²) in [6.07, 6.45) is 2.49. The number of hydrogen-bond donors (Lipinski definition) is 4. The van der Waals surface area contributed by atoms with Crippen molar-refractivity contribution in [1.29, 1.82) is 4.78 Å². The van der Waals surface area contributed by atoms with Gasteiger partial charge in [-0.3, -0.25) is 14.4 Å². The molecule has 1 atom stereocenters. The van der Waals surface area contributed by atoms with Crippen LogP contribution >= 0.6 is 0 Å². The molecule has 0 bridgehead atoms. The Bertz CT molecular complexity index is 792. The molecule has 0 saturated heterocycles. The quantitative estimate of drug-likeness (QED) is 0.347. The molecule has 156 valence electrons. The van der Waals surface area contributed by atoms with Gasteiger partial charge in [-0.05, 0) is 43.8 Å². The molecule has 1 aromatic heterocycles. The van der Waals surface area contributed by atoms with Gasteiger partial charge < -0.3 is 20.1 Å². The lowest BCUT2D eigenvalue weighted by Crippen LogP contribution is -2.14. The fourth-order valence-corrected chi connectivity index (χ4v) is 3.03. The molecule has 4 N–H and O–H groups in total. The molecule has 0 fully saturated rings. The summed E-state index contributed by atoms with van der Waals surface area (Å²) >= 11 is 0. The Balaban J connectivity index is 0.000000416. The highest BCUT2D eigenvalue weighted by molar-refractivity contribution is 7.80. The van der Waals surface area contributed by atoms with E-state index < -0.39 is 22.9 Å². The zero-order chi connectivity index (χ0) is 21.1. The second-order valence-electron chi connectivity index (χ2n) is 6.26. The number of likely N-dealkylation sites (N-methyl/N-ethyl adjacent to an activating group) is 1. The van der Waals surface area contributed by atoms with Gasteiger partial charge in [0, 0.05) is 23.6 Å². The van der Waals surface area contributed by atoms with Crippen molar-refractivity contribution >= 4 is 33.8 Å². The van der Waals surface area contributed by atoms with E-state index in [1.54, 1.807) is 0 Å². The van der Waals surface area contributed by atoms with Gasteiger partial charge in [0.15, 0.2) is 0 Å². The number of fused-ring (bicyclic) bond motifs is 1. The van der Waals surface area contributed by atoms with Crippen molar-refractivity contribution < 1.29 is 29.0 Å². The molecule has 0 aliphatic rings. The Morgan fingerprint density at radius 2 is 1.86 bits per heavy atom. The minimum Gasteiger partial charge on any atom is -0.481 e. The van der Waals surface area contributed by atoms with E-state index in [1.165, 1.54) is 18.1 Å². The molecule has 0 radical (unpaired) electrons. The maximum atomic E-state index is 9.64. The smallest absolute Gasteiger partial charge is 0.303 e. The normalized spacial score (nSPS) is 11.9. The molecule has 0 spiro atoms. The van der Waals surface area contributed by atoms with Crippen LogP contribution in [0.3, 0.4) is 0 Å². The number of rotatable bonds is 10. The van der Waals surface area contributed by atoms with E-state index in [0.717, 1.165) is 24.0 Å². The second-order valence-corrected chi connectivity index (χ2v) is 7.37. The number of benzene rings is 1. The van der Waals surface area contributed by atoms with Crippen molar-refractivity contribution in [2.24, 2.45) is 0 Å². The van der Waals surface area contributed by atoms with Gasteiger partial charge in [0.1, 0.15) is 0 Å². The van der Waals surface area contributed by atoms with Crippen LogP contribution in [0.2, 0.25) is 0 Å². The Morgan fingerprint density at radius 3 is 2.39 bits per heavy atom. The predicted octanol–water partition coefficient (Wildman–Crippen LogP) is 2.58. The monoisotopic (exact) mass is 413 g/mol. The number of carboxylic acid groups (broad SMARTS) is 2. The van der Waals surface area contributed by atoms with Crippen molar-refractivity contribution in [2.45, 2.75) is 25.0 Å². The van der Waals surface area contributed by atoms with Gasteiger partial charge in [-0.1, -0.05) is 6.07 Å². The lowest BCUT2D eigenvalue weighted by atomic mass is 10.1. The number of aliphatic carboxylic acids is 2. The molecule has 9 nitrogen and oxygen atoms in total. The SMILES string of the molecule is COOS(=N)Cc1ccc2[nH]cc(CCN(C)C)c2c1.O=C(O)CCC(=O)O. The molecule has 28 heavy (non-hydrogen) atoms. The zero-order valence-electron chi connectivity index (χ0n) is 16.2. The summed E-state index contributed by atoms with van der Waals surface area (Å²) in [7, 11) is 4.63. The number of aromatic amines is 1. The largest absolute Gasteiger partial charge is 0.481 e. The molecule has 0 amide bonds. The first kappa shape index (κ1) is 23.8. The minimum absolute atomic E-state index is 0.296. The highest BCUT2D eigenvalue weighted by Crippen LogP contribution is 2.21. The zero-order valence-corrected chi connectivity index (χ0v) is 17.0. The van der Waals surface area contributed by atoms with Crippen LogP contribution in [0, 0.1) is 4.78 Å². The summed E-state index contributed by atoms with van der Waals surface area (Å²) in [5.41, 5.74) is 3.55. The van der Waals surface area contributed by atoms with Gasteiger partial charge in [0.05, 0.1) is 36.7 Å². The van der Waals surface area contributed by atoms with Gasteiger partial charge in [-0.15, -0.1) is 0 Å². The number of nitrogens with one attached hydrogen (secondary N) is 2. The Morgan fingerprint density at radius 1 is 1.21 bits per heavy atom. The van der Waals surface area contributed by atoms with Crippen LogP contribution in [0.4, 0.5) is 0 Å². The number of carbonyl (C=O) groups is 2. The Kier molecular flexibility index (Phi) is 10.4. The maximum absolute atomic E-state index is 9.64. The number of H-pyrrole nitrogens is 1. The maximum Gasteiger partial charge on any atom is 0.303 e. The fraction of sp³-hybridized carbons (Fsp3) is 0.444. The third-order valence-electron chi connectivity index (χ3n) is 3.66. The van der Waals surface area contributed by atoms with E-state index in [4.69, 9.17) is 19.3 Å². The van der Waals surface area contributed by atoms with E-state index in [1.807, 2.05) is 6.07 Å². The minimum atomic E-state index is -1.08. The average Bonchev–Trinajstić information content (AvgIpc) is 3.01. The van der Waals surface area contributed by atoms with Crippen LogP contribution in [0.5, 0.6) is 0 Å². The van der Waals surface area contributed by atoms with E-state index in [9.17, 15) is 9.59 Å². The first-order valence-electron chi connectivity index (χ1n) is 8.53. The van der Waals surface area contributed by atoms with Crippen LogP contribution in [0.15, 0.2) is 24.4 Å². The molecule has 0 aliphatic carbocycles.